The Labute approximate surface area is 126 Å². The maximum absolute atomic E-state index is 12.0. The number of nitrogens with one attached hydrogen (secondary N) is 1. The van der Waals surface area contributed by atoms with Crippen LogP contribution in [0.15, 0.2) is 36.8 Å². The van der Waals surface area contributed by atoms with Crippen molar-refractivity contribution < 1.29 is 18.3 Å². The quantitative estimate of drug-likeness (QED) is 0.878. The van der Waals surface area contributed by atoms with Gasteiger partial charge in [-0.05, 0) is 12.1 Å². The lowest BCUT2D eigenvalue weighted by atomic mass is 10.2. The van der Waals surface area contributed by atoms with Gasteiger partial charge in [0, 0.05) is 37.5 Å². The van der Waals surface area contributed by atoms with Crippen LogP contribution < -0.4 is 10.1 Å². The number of nitrogens with zero attached hydrogens (tertiary/aromatic N) is 3. The molecule has 6 nitrogen and oxygen atoms in total. The lowest BCUT2D eigenvalue weighted by Gasteiger charge is -2.13. The van der Waals surface area contributed by atoms with E-state index in [1.54, 1.807) is 23.1 Å². The SMILES string of the molecule is FC(F)OC[C@@H]1C[C@H](Oc2ccc(-n3cccn3)cn2)CN1. The molecule has 0 saturated carbocycles. The molecule has 3 heterocycles. The van der Waals surface area contributed by atoms with Crippen LogP contribution in [-0.4, -0.2) is 46.7 Å². The molecular weight excluding hydrogens is 294 g/mol. The Morgan fingerprint density at radius 3 is 3.00 bits per heavy atom. The molecule has 8 heteroatoms. The summed E-state index contributed by atoms with van der Waals surface area (Å²) in [5.74, 6) is 0.498. The monoisotopic (exact) mass is 310 g/mol. The number of hydrogen-bond donors (Lipinski definition) is 1. The molecule has 2 aromatic rings. The Balaban J connectivity index is 1.51. The number of halogens is 2. The van der Waals surface area contributed by atoms with Crippen LogP contribution in [0.25, 0.3) is 5.69 Å². The number of pyridine rings is 1. The highest BCUT2D eigenvalue weighted by Crippen LogP contribution is 2.17. The maximum atomic E-state index is 12.0. The van der Waals surface area contributed by atoms with Gasteiger partial charge in [-0.25, -0.2) is 9.67 Å². The molecule has 0 unspecified atom stereocenters. The average Bonchev–Trinajstić information content (AvgIpc) is 3.17. The van der Waals surface area contributed by atoms with Crippen LogP contribution in [0.5, 0.6) is 5.88 Å². The summed E-state index contributed by atoms with van der Waals surface area (Å²) in [6.07, 6.45) is 5.69. The van der Waals surface area contributed by atoms with E-state index in [9.17, 15) is 8.78 Å². The summed E-state index contributed by atoms with van der Waals surface area (Å²) >= 11 is 0. The summed E-state index contributed by atoms with van der Waals surface area (Å²) in [4.78, 5) is 4.24. The van der Waals surface area contributed by atoms with Gasteiger partial charge in [-0.1, -0.05) is 0 Å². The van der Waals surface area contributed by atoms with E-state index in [0.717, 1.165) is 5.69 Å². The van der Waals surface area contributed by atoms with E-state index in [1.807, 2.05) is 18.3 Å². The summed E-state index contributed by atoms with van der Waals surface area (Å²) in [6.45, 7) is -2.18. The number of ether oxygens (including phenoxy) is 2. The largest absolute Gasteiger partial charge is 0.473 e. The van der Waals surface area contributed by atoms with E-state index in [4.69, 9.17) is 4.74 Å². The maximum Gasteiger partial charge on any atom is 0.345 e. The molecule has 118 valence electrons. The fraction of sp³-hybridized carbons (Fsp3) is 0.429. The second-order valence-electron chi connectivity index (χ2n) is 4.98. The van der Waals surface area contributed by atoms with Gasteiger partial charge in [-0.2, -0.15) is 13.9 Å². The van der Waals surface area contributed by atoms with Crippen LogP contribution in [0, 0.1) is 0 Å². The first kappa shape index (κ1) is 14.9. The second kappa shape index (κ2) is 6.80. The van der Waals surface area contributed by atoms with Crippen LogP contribution in [0.1, 0.15) is 6.42 Å². The van der Waals surface area contributed by atoms with Gasteiger partial charge in [0.05, 0.1) is 18.5 Å². The van der Waals surface area contributed by atoms with Crippen molar-refractivity contribution in [1.29, 1.82) is 0 Å². The van der Waals surface area contributed by atoms with E-state index >= 15 is 0 Å². The molecule has 0 aliphatic carbocycles. The Kier molecular flexibility index (Phi) is 4.59. The van der Waals surface area contributed by atoms with Crippen LogP contribution in [0.2, 0.25) is 0 Å². The molecule has 0 radical (unpaired) electrons. The predicted molar refractivity (Wildman–Crippen MR) is 74.1 cm³/mol. The van der Waals surface area contributed by atoms with E-state index in [0.29, 0.717) is 18.8 Å². The molecule has 1 fully saturated rings. The zero-order valence-corrected chi connectivity index (χ0v) is 11.7. The predicted octanol–water partition coefficient (Wildman–Crippen LogP) is 1.62. The molecule has 22 heavy (non-hydrogen) atoms. The molecule has 1 aliphatic rings. The standard InChI is InChI=1S/C14H16F2N4O2/c15-14(16)21-9-10-6-12(8-17-10)22-13-3-2-11(7-18-13)20-5-1-4-19-20/h1-5,7,10,12,14,17H,6,8-9H2/t10-,12-/m0/s1. The topological polar surface area (TPSA) is 61.2 Å². The minimum Gasteiger partial charge on any atom is -0.473 e. The van der Waals surface area contributed by atoms with Gasteiger partial charge in [-0.15, -0.1) is 0 Å². The summed E-state index contributed by atoms with van der Waals surface area (Å²) in [5, 5.41) is 7.21. The smallest absolute Gasteiger partial charge is 0.345 e. The van der Waals surface area contributed by atoms with Gasteiger partial charge >= 0.3 is 6.61 Å². The van der Waals surface area contributed by atoms with Gasteiger partial charge in [0.15, 0.2) is 0 Å². The Hall–Kier alpha value is -2.06. The average molecular weight is 310 g/mol. The van der Waals surface area contributed by atoms with Gasteiger partial charge < -0.3 is 14.8 Å². The highest BCUT2D eigenvalue weighted by molar-refractivity contribution is 5.30. The molecule has 3 rings (SSSR count). The minimum atomic E-state index is -2.74. The molecule has 1 N–H and O–H groups in total. The van der Waals surface area contributed by atoms with Crippen molar-refractivity contribution in [3.8, 4) is 11.6 Å². The summed E-state index contributed by atoms with van der Waals surface area (Å²) in [6, 6.07) is 5.33. The van der Waals surface area contributed by atoms with Crippen LogP contribution >= 0.6 is 0 Å². The van der Waals surface area contributed by atoms with Gasteiger partial charge in [0.1, 0.15) is 6.10 Å². The molecule has 2 aromatic heterocycles. The van der Waals surface area contributed by atoms with Crippen molar-refractivity contribution in [3.05, 3.63) is 36.8 Å². The normalized spacial score (nSPS) is 21.4. The lowest BCUT2D eigenvalue weighted by Crippen LogP contribution is -2.27. The highest BCUT2D eigenvalue weighted by Gasteiger charge is 2.26. The fourth-order valence-corrected chi connectivity index (χ4v) is 2.36. The van der Waals surface area contributed by atoms with E-state index in [-0.39, 0.29) is 18.8 Å². The molecule has 2 atom stereocenters. The third-order valence-corrected chi connectivity index (χ3v) is 3.38. The first-order valence-corrected chi connectivity index (χ1v) is 6.96. The van der Waals surface area contributed by atoms with E-state index in [2.05, 4.69) is 20.1 Å². The summed E-state index contributed by atoms with van der Waals surface area (Å²) in [7, 11) is 0. The number of aromatic nitrogens is 3. The number of rotatable bonds is 6. The first-order chi connectivity index (χ1) is 10.7. The van der Waals surface area contributed by atoms with Crippen LogP contribution in [0.3, 0.4) is 0 Å². The van der Waals surface area contributed by atoms with Crippen molar-refractivity contribution in [2.45, 2.75) is 25.2 Å². The molecule has 0 amide bonds. The molecular formula is C14H16F2N4O2. The van der Waals surface area contributed by atoms with Gasteiger partial charge in [0.2, 0.25) is 5.88 Å². The van der Waals surface area contributed by atoms with Crippen LogP contribution in [-0.2, 0) is 4.74 Å². The fourth-order valence-electron chi connectivity index (χ4n) is 2.36. The van der Waals surface area contributed by atoms with Gasteiger partial charge in [0.25, 0.3) is 0 Å². The molecule has 0 aromatic carbocycles. The Morgan fingerprint density at radius 2 is 2.32 bits per heavy atom. The zero-order chi connectivity index (χ0) is 15.4. The zero-order valence-electron chi connectivity index (χ0n) is 11.7. The van der Waals surface area contributed by atoms with Crippen molar-refractivity contribution in [3.63, 3.8) is 0 Å². The third kappa shape index (κ3) is 3.77. The summed E-state index contributed by atoms with van der Waals surface area (Å²) < 4.78 is 35.7. The van der Waals surface area contributed by atoms with E-state index in [1.165, 1.54) is 0 Å². The molecule has 0 spiro atoms. The summed E-state index contributed by atoms with van der Waals surface area (Å²) in [5.41, 5.74) is 0.838. The van der Waals surface area contributed by atoms with Crippen molar-refractivity contribution in [1.82, 2.24) is 20.1 Å². The number of alkyl halides is 2. The third-order valence-electron chi connectivity index (χ3n) is 3.38. The van der Waals surface area contributed by atoms with Gasteiger partial charge in [-0.3, -0.25) is 0 Å². The minimum absolute atomic E-state index is 0.0246. The van der Waals surface area contributed by atoms with Crippen LogP contribution in [0.4, 0.5) is 8.78 Å². The molecule has 0 bridgehead atoms. The first-order valence-electron chi connectivity index (χ1n) is 6.96. The Bertz CT molecular complexity index is 577. The van der Waals surface area contributed by atoms with Crippen molar-refractivity contribution in [2.75, 3.05) is 13.2 Å². The van der Waals surface area contributed by atoms with Crippen molar-refractivity contribution >= 4 is 0 Å². The lowest BCUT2D eigenvalue weighted by molar-refractivity contribution is -0.133. The second-order valence-corrected chi connectivity index (χ2v) is 4.98. The van der Waals surface area contributed by atoms with E-state index < -0.39 is 6.61 Å². The molecule has 1 saturated heterocycles. The molecule has 1 aliphatic heterocycles. The van der Waals surface area contributed by atoms with Crippen molar-refractivity contribution in [2.24, 2.45) is 0 Å². The number of hydrogen-bond acceptors (Lipinski definition) is 5. The Morgan fingerprint density at radius 1 is 1.41 bits per heavy atom. The highest BCUT2D eigenvalue weighted by atomic mass is 19.3.